The summed E-state index contributed by atoms with van der Waals surface area (Å²) in [6.07, 6.45) is -4.16. The zero-order chi connectivity index (χ0) is 10.9. The van der Waals surface area contributed by atoms with Crippen molar-refractivity contribution in [2.45, 2.75) is 31.4 Å². The van der Waals surface area contributed by atoms with Gasteiger partial charge in [0.05, 0.1) is 9.94 Å². The van der Waals surface area contributed by atoms with Crippen molar-refractivity contribution in [1.82, 2.24) is 0 Å². The molecule has 0 N–H and O–H groups in total. The summed E-state index contributed by atoms with van der Waals surface area (Å²) in [5.74, 6) is -0.726. The third kappa shape index (κ3) is 2.79. The monoisotopic (exact) mass is 248 g/mol. The van der Waals surface area contributed by atoms with Crippen molar-refractivity contribution < 1.29 is 17.6 Å². The highest BCUT2D eigenvalue weighted by Gasteiger charge is 2.41. The fourth-order valence-corrected chi connectivity index (χ4v) is 2.85. The van der Waals surface area contributed by atoms with Gasteiger partial charge in [-0.2, -0.15) is 13.2 Å². The lowest BCUT2D eigenvalue weighted by Gasteiger charge is -2.17. The molecule has 6 heteroatoms. The minimum Gasteiger partial charge on any atom is -0.235 e. The molecule has 0 nitrogen and oxygen atoms in total. The van der Waals surface area contributed by atoms with Crippen molar-refractivity contribution in [3.63, 3.8) is 0 Å². The largest absolute Gasteiger partial charge is 0.414 e. The molecule has 1 heterocycles. The number of alkyl halides is 4. The smallest absolute Gasteiger partial charge is 0.235 e. The SMILES string of the molecule is CC1CCC(F)SC(Cl)=C1C(F)(F)F. The Hall–Kier alpha value is 0.1000. The van der Waals surface area contributed by atoms with E-state index in [-0.39, 0.29) is 12.8 Å². The Morgan fingerprint density at radius 2 is 1.93 bits per heavy atom. The van der Waals surface area contributed by atoms with E-state index in [1.807, 2.05) is 0 Å². The fraction of sp³-hybridized carbons (Fsp3) is 0.750. The maximum atomic E-state index is 12.9. The first-order valence-corrected chi connectivity index (χ1v) is 5.35. The third-order valence-electron chi connectivity index (χ3n) is 2.07. The van der Waals surface area contributed by atoms with Gasteiger partial charge in [-0.3, -0.25) is 0 Å². The molecule has 0 radical (unpaired) electrons. The van der Waals surface area contributed by atoms with Gasteiger partial charge in [-0.1, -0.05) is 30.3 Å². The quantitative estimate of drug-likeness (QED) is 0.571. The van der Waals surface area contributed by atoms with E-state index in [0.29, 0.717) is 11.8 Å². The molecular formula is C8H9ClF4S. The van der Waals surface area contributed by atoms with E-state index in [4.69, 9.17) is 11.6 Å². The average Bonchev–Trinajstić information content (AvgIpc) is 2.08. The van der Waals surface area contributed by atoms with Crippen LogP contribution in [0.1, 0.15) is 19.8 Å². The highest BCUT2D eigenvalue weighted by Crippen LogP contribution is 2.45. The number of hydrogen-bond acceptors (Lipinski definition) is 1. The van der Waals surface area contributed by atoms with Gasteiger partial charge in [0.1, 0.15) is 0 Å². The topological polar surface area (TPSA) is 0 Å². The van der Waals surface area contributed by atoms with Gasteiger partial charge in [-0.15, -0.1) is 0 Å². The summed E-state index contributed by atoms with van der Waals surface area (Å²) in [6, 6.07) is 0. The Morgan fingerprint density at radius 3 is 2.43 bits per heavy atom. The van der Waals surface area contributed by atoms with Gasteiger partial charge < -0.3 is 0 Å². The highest BCUT2D eigenvalue weighted by molar-refractivity contribution is 8.05. The van der Waals surface area contributed by atoms with Crippen LogP contribution in [-0.4, -0.2) is 11.7 Å². The minimum absolute atomic E-state index is 0.113. The van der Waals surface area contributed by atoms with Gasteiger partial charge >= 0.3 is 6.18 Å². The lowest BCUT2D eigenvalue weighted by Crippen LogP contribution is -2.18. The summed E-state index contributed by atoms with van der Waals surface area (Å²) in [6.45, 7) is 1.42. The number of rotatable bonds is 0. The van der Waals surface area contributed by atoms with Gasteiger partial charge in [-0.25, -0.2) is 4.39 Å². The molecule has 1 aliphatic rings. The third-order valence-corrected chi connectivity index (χ3v) is 3.46. The second-order valence-corrected chi connectivity index (χ2v) is 4.95. The number of allylic oxidation sites excluding steroid dienone is 1. The van der Waals surface area contributed by atoms with E-state index in [2.05, 4.69) is 0 Å². The molecule has 1 aliphatic heterocycles. The maximum absolute atomic E-state index is 12.9. The highest BCUT2D eigenvalue weighted by atomic mass is 35.5. The van der Waals surface area contributed by atoms with Crippen LogP contribution in [0.5, 0.6) is 0 Å². The Labute approximate surface area is 88.7 Å². The second-order valence-electron chi connectivity index (χ2n) is 3.19. The summed E-state index contributed by atoms with van der Waals surface area (Å²) in [5, 5.41) is 0. The predicted molar refractivity (Wildman–Crippen MR) is 49.8 cm³/mol. The molecule has 2 unspecified atom stereocenters. The molecular weight excluding hydrogens is 240 g/mol. The Bertz CT molecular complexity index is 248. The fourth-order valence-electron chi connectivity index (χ4n) is 1.34. The minimum atomic E-state index is -4.45. The first kappa shape index (κ1) is 12.2. The standard InChI is InChI=1S/C8H9ClF4S/c1-4-2-3-5(10)14-7(9)6(4)8(11,12)13/h4-5H,2-3H2,1H3. The van der Waals surface area contributed by atoms with E-state index >= 15 is 0 Å². The summed E-state index contributed by atoms with van der Waals surface area (Å²) in [5.41, 5.74) is -2.12. The molecule has 0 fully saturated rings. The number of halogens is 5. The molecule has 0 aromatic rings. The first-order valence-electron chi connectivity index (χ1n) is 4.10. The summed E-state index contributed by atoms with van der Waals surface area (Å²) >= 11 is 5.90. The number of thioether (sulfide) groups is 1. The van der Waals surface area contributed by atoms with Crippen LogP contribution in [0.4, 0.5) is 17.6 Å². The lowest BCUT2D eigenvalue weighted by molar-refractivity contribution is -0.0986. The van der Waals surface area contributed by atoms with Gasteiger partial charge in [0, 0.05) is 0 Å². The zero-order valence-electron chi connectivity index (χ0n) is 7.37. The molecule has 0 saturated heterocycles. The van der Waals surface area contributed by atoms with E-state index in [1.165, 1.54) is 6.92 Å². The van der Waals surface area contributed by atoms with Crippen molar-refractivity contribution >= 4 is 23.4 Å². The van der Waals surface area contributed by atoms with E-state index in [9.17, 15) is 17.6 Å². The van der Waals surface area contributed by atoms with Crippen LogP contribution in [0.2, 0.25) is 0 Å². The molecule has 1 rings (SSSR count). The molecule has 82 valence electrons. The second kappa shape index (κ2) is 4.31. The lowest BCUT2D eigenvalue weighted by atomic mass is 9.97. The summed E-state index contributed by atoms with van der Waals surface area (Å²) < 4.78 is 49.9. The van der Waals surface area contributed by atoms with Crippen LogP contribution in [0.25, 0.3) is 0 Å². The van der Waals surface area contributed by atoms with Crippen LogP contribution in [0.3, 0.4) is 0 Å². The van der Waals surface area contributed by atoms with E-state index < -0.39 is 27.5 Å². The van der Waals surface area contributed by atoms with Crippen molar-refractivity contribution in [3.05, 3.63) is 9.94 Å². The molecule has 14 heavy (non-hydrogen) atoms. The predicted octanol–water partition coefficient (Wildman–Crippen LogP) is 4.46. The van der Waals surface area contributed by atoms with Crippen LogP contribution in [0, 0.1) is 5.92 Å². The van der Waals surface area contributed by atoms with Crippen LogP contribution < -0.4 is 0 Å². The molecule has 0 aliphatic carbocycles. The van der Waals surface area contributed by atoms with Gasteiger partial charge in [0.2, 0.25) is 0 Å². The Balaban J connectivity index is 3.01. The van der Waals surface area contributed by atoms with E-state index in [1.54, 1.807) is 0 Å². The van der Waals surface area contributed by atoms with Gasteiger partial charge in [0.25, 0.3) is 0 Å². The van der Waals surface area contributed by atoms with E-state index in [0.717, 1.165) is 0 Å². The molecule has 0 aromatic carbocycles. The van der Waals surface area contributed by atoms with Crippen molar-refractivity contribution in [2.75, 3.05) is 0 Å². The molecule has 0 bridgehead atoms. The molecule has 0 aromatic heterocycles. The first-order chi connectivity index (χ1) is 6.32. The summed E-state index contributed by atoms with van der Waals surface area (Å²) in [4.78, 5) is 0. The molecule has 0 saturated carbocycles. The van der Waals surface area contributed by atoms with Gasteiger partial charge in [-0.05, 0) is 18.8 Å². The summed E-state index contributed by atoms with van der Waals surface area (Å²) in [7, 11) is 0. The van der Waals surface area contributed by atoms with Crippen LogP contribution in [-0.2, 0) is 0 Å². The van der Waals surface area contributed by atoms with Gasteiger partial charge in [0.15, 0.2) is 5.50 Å². The molecule has 2 atom stereocenters. The van der Waals surface area contributed by atoms with Crippen LogP contribution >= 0.6 is 23.4 Å². The van der Waals surface area contributed by atoms with Crippen molar-refractivity contribution in [1.29, 1.82) is 0 Å². The van der Waals surface area contributed by atoms with Crippen molar-refractivity contribution in [2.24, 2.45) is 5.92 Å². The Kier molecular flexibility index (Phi) is 3.75. The Morgan fingerprint density at radius 1 is 1.36 bits per heavy atom. The molecule has 0 spiro atoms. The normalized spacial score (nSPS) is 30.4. The van der Waals surface area contributed by atoms with Crippen LogP contribution in [0.15, 0.2) is 9.94 Å². The molecule has 0 amide bonds. The average molecular weight is 249 g/mol. The van der Waals surface area contributed by atoms with Crippen molar-refractivity contribution in [3.8, 4) is 0 Å². The zero-order valence-corrected chi connectivity index (χ0v) is 8.94. The maximum Gasteiger partial charge on any atom is 0.414 e. The number of hydrogen-bond donors (Lipinski definition) is 0.